The van der Waals surface area contributed by atoms with Gasteiger partial charge in [-0.1, -0.05) is 16.7 Å². The molecule has 2 aromatic heterocycles. The molecule has 0 aliphatic heterocycles. The number of aryl methyl sites for hydroxylation is 2. The summed E-state index contributed by atoms with van der Waals surface area (Å²) in [6, 6.07) is 7.88. The molecule has 0 bridgehead atoms. The maximum absolute atomic E-state index is 11.9. The highest BCUT2D eigenvalue weighted by molar-refractivity contribution is 7.44. The second-order valence-electron chi connectivity index (χ2n) is 4.15. The molecule has 0 saturated heterocycles. The van der Waals surface area contributed by atoms with E-state index in [0.29, 0.717) is 0 Å². The van der Waals surface area contributed by atoms with E-state index in [2.05, 4.69) is 9.97 Å². The zero-order valence-electron chi connectivity index (χ0n) is 10.2. The minimum atomic E-state index is -1.13. The van der Waals surface area contributed by atoms with Gasteiger partial charge < -0.3 is 0 Å². The Labute approximate surface area is 108 Å². The van der Waals surface area contributed by atoms with Crippen molar-refractivity contribution in [2.45, 2.75) is 12.8 Å². The first-order valence-corrected chi connectivity index (χ1v) is 7.67. The van der Waals surface area contributed by atoms with Gasteiger partial charge in [-0.2, -0.15) is 0 Å². The van der Waals surface area contributed by atoms with Crippen LogP contribution in [0.3, 0.4) is 0 Å². The van der Waals surface area contributed by atoms with Crippen LogP contribution in [0, 0.1) is 0 Å². The molecule has 18 heavy (non-hydrogen) atoms. The Balaban J connectivity index is 1.73. The molecule has 0 aromatic carbocycles. The van der Waals surface area contributed by atoms with E-state index in [1.165, 1.54) is 0 Å². The molecule has 3 nitrogen and oxygen atoms in total. The highest BCUT2D eigenvalue weighted by atomic mass is 31.1. The third-order valence-corrected chi connectivity index (χ3v) is 4.19. The molecule has 0 spiro atoms. The summed E-state index contributed by atoms with van der Waals surface area (Å²) >= 11 is 0. The summed E-state index contributed by atoms with van der Waals surface area (Å²) in [4.78, 5) is 8.11. The Kier molecular flexibility index (Phi) is 4.98. The second-order valence-corrected chi connectivity index (χ2v) is 6.01. The smallest absolute Gasteiger partial charge is 0.264 e. The number of hydrogen-bond donors (Lipinski definition) is 0. The molecule has 2 heterocycles. The van der Waals surface area contributed by atoms with E-state index in [0.717, 1.165) is 36.3 Å². The Morgan fingerprint density at radius 2 is 1.39 bits per heavy atom. The van der Waals surface area contributed by atoms with E-state index in [1.54, 1.807) is 12.4 Å². The predicted molar refractivity (Wildman–Crippen MR) is 73.2 cm³/mol. The lowest BCUT2D eigenvalue weighted by molar-refractivity contribution is 0.587. The van der Waals surface area contributed by atoms with Gasteiger partial charge in [-0.3, -0.25) is 9.97 Å². The van der Waals surface area contributed by atoms with Crippen molar-refractivity contribution in [2.24, 2.45) is 0 Å². The van der Waals surface area contributed by atoms with Crippen molar-refractivity contribution < 1.29 is 4.57 Å². The highest BCUT2D eigenvalue weighted by Gasteiger charge is 2.14. The molecule has 0 saturated carbocycles. The molecule has 0 aliphatic carbocycles. The molecule has 4 heteroatoms. The summed E-state index contributed by atoms with van der Waals surface area (Å²) in [5.41, 5.74) is 2.31. The average Bonchev–Trinajstić information content (AvgIpc) is 2.45. The third-order valence-electron chi connectivity index (χ3n) is 2.75. The van der Waals surface area contributed by atoms with Crippen molar-refractivity contribution in [3.8, 4) is 0 Å². The van der Waals surface area contributed by atoms with E-state index >= 15 is 0 Å². The van der Waals surface area contributed by atoms with Crippen LogP contribution in [0.2, 0.25) is 0 Å². The summed E-state index contributed by atoms with van der Waals surface area (Å²) in [6.45, 7) is 0. The van der Waals surface area contributed by atoms with E-state index in [1.807, 2.05) is 36.7 Å². The van der Waals surface area contributed by atoms with Gasteiger partial charge in [-0.05, 0) is 23.3 Å². The molecular formula is C14H16N2OP+. The third kappa shape index (κ3) is 4.34. The van der Waals surface area contributed by atoms with Crippen LogP contribution in [0.4, 0.5) is 0 Å². The molecule has 0 amide bonds. The van der Waals surface area contributed by atoms with Crippen molar-refractivity contribution in [3.63, 3.8) is 0 Å². The van der Waals surface area contributed by atoms with Gasteiger partial charge in [0, 0.05) is 37.6 Å². The standard InChI is InChI=1S/C14H16N2OP/c17-18(9-5-13-3-1-7-15-11-13)10-6-14-4-2-8-16-12-14/h1-4,7-8,11-12H,5-6,9-10H2/q+1. The van der Waals surface area contributed by atoms with Crippen molar-refractivity contribution in [1.82, 2.24) is 9.97 Å². The van der Waals surface area contributed by atoms with Gasteiger partial charge in [-0.15, -0.1) is 0 Å². The lowest BCUT2D eigenvalue weighted by Crippen LogP contribution is -1.94. The average molecular weight is 259 g/mol. The van der Waals surface area contributed by atoms with Gasteiger partial charge in [-0.25, -0.2) is 0 Å². The molecule has 0 fully saturated rings. The molecule has 0 atom stereocenters. The van der Waals surface area contributed by atoms with Crippen LogP contribution >= 0.6 is 7.80 Å². The van der Waals surface area contributed by atoms with Crippen LogP contribution in [-0.2, 0) is 17.4 Å². The molecule has 0 unspecified atom stereocenters. The minimum absolute atomic E-state index is 0.737. The lowest BCUT2D eigenvalue weighted by atomic mass is 10.2. The lowest BCUT2D eigenvalue weighted by Gasteiger charge is -1.95. The Hall–Kier alpha value is -1.60. The van der Waals surface area contributed by atoms with E-state index < -0.39 is 7.80 Å². The van der Waals surface area contributed by atoms with Gasteiger partial charge >= 0.3 is 7.80 Å². The minimum Gasteiger partial charge on any atom is -0.264 e. The monoisotopic (exact) mass is 259 g/mol. The summed E-state index contributed by atoms with van der Waals surface area (Å²) in [5, 5.41) is 0. The van der Waals surface area contributed by atoms with Gasteiger partial charge in [0.1, 0.15) is 12.3 Å². The topological polar surface area (TPSA) is 42.9 Å². The van der Waals surface area contributed by atoms with Crippen LogP contribution < -0.4 is 0 Å². The molecule has 0 N–H and O–H groups in total. The summed E-state index contributed by atoms with van der Waals surface area (Å²) in [7, 11) is -1.13. The zero-order chi connectivity index (χ0) is 12.6. The van der Waals surface area contributed by atoms with Gasteiger partial charge in [0.25, 0.3) is 0 Å². The van der Waals surface area contributed by atoms with Crippen LogP contribution in [0.15, 0.2) is 49.1 Å². The van der Waals surface area contributed by atoms with Crippen molar-refractivity contribution in [3.05, 3.63) is 60.2 Å². The highest BCUT2D eigenvalue weighted by Crippen LogP contribution is 2.23. The maximum Gasteiger partial charge on any atom is 0.339 e. The Morgan fingerprint density at radius 1 is 0.889 bits per heavy atom. The first kappa shape index (κ1) is 12.8. The molecule has 0 aliphatic rings. The number of nitrogens with zero attached hydrogens (tertiary/aromatic N) is 2. The fourth-order valence-corrected chi connectivity index (χ4v) is 2.95. The van der Waals surface area contributed by atoms with Crippen LogP contribution in [-0.4, -0.2) is 22.3 Å². The largest absolute Gasteiger partial charge is 0.339 e. The molecule has 0 radical (unpaired) electrons. The Morgan fingerprint density at radius 3 is 1.78 bits per heavy atom. The Bertz CT molecular complexity index is 442. The van der Waals surface area contributed by atoms with Crippen LogP contribution in [0.25, 0.3) is 0 Å². The number of rotatable bonds is 6. The summed E-state index contributed by atoms with van der Waals surface area (Å²) < 4.78 is 11.9. The van der Waals surface area contributed by atoms with Gasteiger partial charge in [0.15, 0.2) is 0 Å². The molecule has 2 rings (SSSR count). The van der Waals surface area contributed by atoms with Crippen LogP contribution in [0.1, 0.15) is 11.1 Å². The van der Waals surface area contributed by atoms with Crippen molar-refractivity contribution >= 4 is 7.80 Å². The fraction of sp³-hybridized carbons (Fsp3) is 0.286. The second kappa shape index (κ2) is 6.97. The van der Waals surface area contributed by atoms with E-state index in [-0.39, 0.29) is 0 Å². The molecular weight excluding hydrogens is 243 g/mol. The first-order valence-electron chi connectivity index (χ1n) is 6.04. The van der Waals surface area contributed by atoms with Gasteiger partial charge in [0.2, 0.25) is 0 Å². The van der Waals surface area contributed by atoms with Crippen LogP contribution in [0.5, 0.6) is 0 Å². The quantitative estimate of drug-likeness (QED) is 0.749. The number of hydrogen-bond acceptors (Lipinski definition) is 3. The van der Waals surface area contributed by atoms with Crippen molar-refractivity contribution in [2.75, 3.05) is 12.3 Å². The summed E-state index contributed by atoms with van der Waals surface area (Å²) in [5.74, 6) is 0. The SMILES string of the molecule is O=[P+](CCc1cccnc1)CCc1cccnc1. The van der Waals surface area contributed by atoms with Gasteiger partial charge in [0.05, 0.1) is 0 Å². The molecule has 92 valence electrons. The molecule has 2 aromatic rings. The number of aromatic nitrogens is 2. The van der Waals surface area contributed by atoms with Crippen molar-refractivity contribution in [1.29, 1.82) is 0 Å². The zero-order valence-corrected chi connectivity index (χ0v) is 11.1. The summed E-state index contributed by atoms with van der Waals surface area (Å²) in [6.07, 6.45) is 10.3. The maximum atomic E-state index is 11.9. The first-order chi connectivity index (χ1) is 8.84. The van der Waals surface area contributed by atoms with E-state index in [9.17, 15) is 4.57 Å². The van der Waals surface area contributed by atoms with E-state index in [4.69, 9.17) is 0 Å². The normalized spacial score (nSPS) is 10.2. The fourth-order valence-electron chi connectivity index (χ4n) is 1.71. The predicted octanol–water partition coefficient (Wildman–Crippen LogP) is 3.09. The number of pyridine rings is 2.